The van der Waals surface area contributed by atoms with Crippen molar-refractivity contribution in [2.75, 3.05) is 18.2 Å². The van der Waals surface area contributed by atoms with Gasteiger partial charge in [-0.2, -0.15) is 0 Å². The lowest BCUT2D eigenvalue weighted by Gasteiger charge is -2.09. The Labute approximate surface area is 114 Å². The van der Waals surface area contributed by atoms with Gasteiger partial charge in [-0.15, -0.1) is 0 Å². The van der Waals surface area contributed by atoms with Gasteiger partial charge in [0.1, 0.15) is 28.2 Å². The van der Waals surface area contributed by atoms with Gasteiger partial charge >= 0.3 is 0 Å². The van der Waals surface area contributed by atoms with Gasteiger partial charge in [0.25, 0.3) is 0 Å². The molecule has 0 spiro atoms. The fourth-order valence-corrected chi connectivity index (χ4v) is 1.82. The second-order valence-corrected chi connectivity index (χ2v) is 4.42. The van der Waals surface area contributed by atoms with E-state index in [1.165, 1.54) is 6.33 Å². The van der Waals surface area contributed by atoms with Crippen molar-refractivity contribution in [2.45, 2.75) is 6.54 Å². The Hall–Kier alpha value is -1.82. The van der Waals surface area contributed by atoms with E-state index in [4.69, 9.17) is 10.5 Å². The fraction of sp³-hybridized carbons (Fsp3) is 0.167. The number of benzene rings is 1. The first-order chi connectivity index (χ1) is 8.70. The van der Waals surface area contributed by atoms with Gasteiger partial charge < -0.3 is 15.8 Å². The standard InChI is InChI=1S/C12H13BrN4O/c1-18-9-4-2-3-8(5-9)6-15-12-10(13)11(14)16-7-17-12/h2-5,7H,6H2,1H3,(H3,14,15,16,17). The Kier molecular flexibility index (Phi) is 3.99. The number of nitrogen functional groups attached to an aromatic ring is 1. The summed E-state index contributed by atoms with van der Waals surface area (Å²) in [4.78, 5) is 8.00. The number of methoxy groups -OCH3 is 1. The zero-order valence-corrected chi connectivity index (χ0v) is 11.4. The topological polar surface area (TPSA) is 73.1 Å². The van der Waals surface area contributed by atoms with Crippen molar-refractivity contribution in [3.8, 4) is 5.75 Å². The lowest BCUT2D eigenvalue weighted by molar-refractivity contribution is 0.414. The number of aromatic nitrogens is 2. The average Bonchev–Trinajstić information content (AvgIpc) is 2.41. The summed E-state index contributed by atoms with van der Waals surface area (Å²) in [7, 11) is 1.65. The normalized spacial score (nSPS) is 10.1. The van der Waals surface area contributed by atoms with E-state index in [9.17, 15) is 0 Å². The van der Waals surface area contributed by atoms with E-state index in [0.29, 0.717) is 22.7 Å². The van der Waals surface area contributed by atoms with Crippen molar-refractivity contribution in [3.63, 3.8) is 0 Å². The van der Waals surface area contributed by atoms with E-state index in [0.717, 1.165) is 11.3 Å². The summed E-state index contributed by atoms with van der Waals surface area (Å²) in [6.45, 7) is 0.631. The molecule has 0 saturated heterocycles. The zero-order valence-electron chi connectivity index (χ0n) is 9.85. The molecule has 0 aliphatic heterocycles. The zero-order chi connectivity index (χ0) is 13.0. The molecule has 1 heterocycles. The van der Waals surface area contributed by atoms with Gasteiger partial charge in [0.05, 0.1) is 7.11 Å². The Morgan fingerprint density at radius 2 is 2.22 bits per heavy atom. The van der Waals surface area contributed by atoms with Crippen molar-refractivity contribution in [1.29, 1.82) is 0 Å². The van der Waals surface area contributed by atoms with Gasteiger partial charge in [0.2, 0.25) is 0 Å². The maximum absolute atomic E-state index is 5.68. The Bertz CT molecular complexity index is 547. The minimum atomic E-state index is 0.415. The first kappa shape index (κ1) is 12.6. The molecule has 0 saturated carbocycles. The molecule has 0 atom stereocenters. The third-order valence-electron chi connectivity index (χ3n) is 2.41. The highest BCUT2D eigenvalue weighted by atomic mass is 79.9. The number of nitrogens with two attached hydrogens (primary N) is 1. The van der Waals surface area contributed by atoms with E-state index < -0.39 is 0 Å². The van der Waals surface area contributed by atoms with Crippen molar-refractivity contribution >= 4 is 27.6 Å². The molecule has 6 heteroatoms. The van der Waals surface area contributed by atoms with Crippen LogP contribution in [-0.4, -0.2) is 17.1 Å². The van der Waals surface area contributed by atoms with E-state index in [1.807, 2.05) is 24.3 Å². The molecule has 0 aliphatic carbocycles. The average molecular weight is 309 g/mol. The summed E-state index contributed by atoms with van der Waals surface area (Å²) >= 11 is 3.34. The van der Waals surface area contributed by atoms with Gasteiger partial charge in [-0.3, -0.25) is 0 Å². The van der Waals surface area contributed by atoms with Crippen LogP contribution in [0.15, 0.2) is 35.1 Å². The monoisotopic (exact) mass is 308 g/mol. The number of anilines is 2. The maximum Gasteiger partial charge on any atom is 0.146 e. The highest BCUT2D eigenvalue weighted by Gasteiger charge is 2.05. The van der Waals surface area contributed by atoms with Crippen molar-refractivity contribution < 1.29 is 4.74 Å². The van der Waals surface area contributed by atoms with Crippen LogP contribution in [0.4, 0.5) is 11.6 Å². The van der Waals surface area contributed by atoms with E-state index in [1.54, 1.807) is 7.11 Å². The molecule has 1 aromatic carbocycles. The molecule has 0 radical (unpaired) electrons. The van der Waals surface area contributed by atoms with Gasteiger partial charge in [-0.25, -0.2) is 9.97 Å². The van der Waals surface area contributed by atoms with Crippen LogP contribution in [0.2, 0.25) is 0 Å². The van der Waals surface area contributed by atoms with Crippen LogP contribution in [0.1, 0.15) is 5.56 Å². The molecule has 0 fully saturated rings. The number of nitrogens with zero attached hydrogens (tertiary/aromatic N) is 2. The third kappa shape index (κ3) is 2.89. The van der Waals surface area contributed by atoms with Gasteiger partial charge in [0.15, 0.2) is 0 Å². The number of hydrogen-bond donors (Lipinski definition) is 2. The van der Waals surface area contributed by atoms with Crippen LogP contribution < -0.4 is 15.8 Å². The molecule has 0 amide bonds. The van der Waals surface area contributed by atoms with Crippen LogP contribution in [0.25, 0.3) is 0 Å². The predicted octanol–water partition coefficient (Wildman–Crippen LogP) is 2.44. The molecule has 18 heavy (non-hydrogen) atoms. The largest absolute Gasteiger partial charge is 0.497 e. The van der Waals surface area contributed by atoms with Crippen LogP contribution in [0.5, 0.6) is 5.75 Å². The minimum Gasteiger partial charge on any atom is -0.497 e. The predicted molar refractivity (Wildman–Crippen MR) is 74.5 cm³/mol. The molecule has 0 aliphatic rings. The van der Waals surface area contributed by atoms with E-state index in [-0.39, 0.29) is 0 Å². The van der Waals surface area contributed by atoms with Gasteiger partial charge in [-0.05, 0) is 33.6 Å². The first-order valence-corrected chi connectivity index (χ1v) is 6.13. The summed E-state index contributed by atoms with van der Waals surface area (Å²) in [5.74, 6) is 1.92. The molecule has 2 aromatic rings. The third-order valence-corrected chi connectivity index (χ3v) is 3.19. The van der Waals surface area contributed by atoms with Crippen LogP contribution in [0.3, 0.4) is 0 Å². The lowest BCUT2D eigenvalue weighted by atomic mass is 10.2. The summed E-state index contributed by atoms with van der Waals surface area (Å²) in [5.41, 5.74) is 6.77. The number of nitrogens with one attached hydrogen (secondary N) is 1. The lowest BCUT2D eigenvalue weighted by Crippen LogP contribution is -2.04. The summed E-state index contributed by atoms with van der Waals surface area (Å²) in [6, 6.07) is 7.82. The van der Waals surface area contributed by atoms with Gasteiger partial charge in [0, 0.05) is 6.54 Å². The first-order valence-electron chi connectivity index (χ1n) is 5.33. The molecule has 5 nitrogen and oxygen atoms in total. The molecule has 3 N–H and O–H groups in total. The number of ether oxygens (including phenoxy) is 1. The highest BCUT2D eigenvalue weighted by Crippen LogP contribution is 2.24. The van der Waals surface area contributed by atoms with E-state index in [2.05, 4.69) is 31.2 Å². The maximum atomic E-state index is 5.68. The highest BCUT2D eigenvalue weighted by molar-refractivity contribution is 9.10. The van der Waals surface area contributed by atoms with Crippen LogP contribution in [-0.2, 0) is 6.54 Å². The minimum absolute atomic E-state index is 0.415. The van der Waals surface area contributed by atoms with Crippen molar-refractivity contribution in [1.82, 2.24) is 9.97 Å². The molecule has 0 bridgehead atoms. The molecular formula is C12H13BrN4O. The van der Waals surface area contributed by atoms with Crippen LogP contribution >= 0.6 is 15.9 Å². The quantitative estimate of drug-likeness (QED) is 0.907. The molecule has 2 rings (SSSR count). The summed E-state index contributed by atoms with van der Waals surface area (Å²) < 4.78 is 5.84. The summed E-state index contributed by atoms with van der Waals surface area (Å²) in [5, 5.41) is 3.19. The smallest absolute Gasteiger partial charge is 0.146 e. The molecule has 0 unspecified atom stereocenters. The second kappa shape index (κ2) is 5.68. The Morgan fingerprint density at radius 3 is 3.00 bits per heavy atom. The van der Waals surface area contributed by atoms with Gasteiger partial charge in [-0.1, -0.05) is 12.1 Å². The van der Waals surface area contributed by atoms with Crippen molar-refractivity contribution in [2.24, 2.45) is 0 Å². The Morgan fingerprint density at radius 1 is 1.39 bits per heavy atom. The summed E-state index contributed by atoms with van der Waals surface area (Å²) in [6.07, 6.45) is 1.42. The van der Waals surface area contributed by atoms with Crippen LogP contribution in [0, 0.1) is 0 Å². The SMILES string of the molecule is COc1cccc(CNc2ncnc(N)c2Br)c1. The fourth-order valence-electron chi connectivity index (χ4n) is 1.47. The number of hydrogen-bond acceptors (Lipinski definition) is 5. The molecular weight excluding hydrogens is 296 g/mol. The number of rotatable bonds is 4. The molecule has 1 aromatic heterocycles. The number of halogens is 1. The second-order valence-electron chi connectivity index (χ2n) is 3.63. The Balaban J connectivity index is 2.09. The van der Waals surface area contributed by atoms with E-state index >= 15 is 0 Å². The van der Waals surface area contributed by atoms with Crippen molar-refractivity contribution in [3.05, 3.63) is 40.6 Å². The molecule has 94 valence electrons.